The van der Waals surface area contributed by atoms with Crippen LogP contribution in [0.2, 0.25) is 5.02 Å². The van der Waals surface area contributed by atoms with E-state index in [1.165, 1.54) is 12.1 Å². The van der Waals surface area contributed by atoms with Gasteiger partial charge in [-0.25, -0.2) is 4.39 Å². The summed E-state index contributed by atoms with van der Waals surface area (Å²) in [6.45, 7) is 6.39. The molecule has 0 saturated carbocycles. The Hall–Kier alpha value is -1.99. The lowest BCUT2D eigenvalue weighted by Crippen LogP contribution is -2.39. The molecule has 0 radical (unpaired) electrons. The number of halogens is 2. The Kier molecular flexibility index (Phi) is 8.84. The summed E-state index contributed by atoms with van der Waals surface area (Å²) in [7, 11) is 0. The van der Waals surface area contributed by atoms with Crippen molar-refractivity contribution < 1.29 is 19.1 Å². The average Bonchev–Trinajstić information content (AvgIpc) is 3.16. The molecule has 5 nitrogen and oxygen atoms in total. The van der Waals surface area contributed by atoms with Crippen LogP contribution in [-0.4, -0.2) is 54.2 Å². The number of hydrogen-bond acceptors (Lipinski definition) is 5. The maximum Gasteiger partial charge on any atom is 0.145 e. The summed E-state index contributed by atoms with van der Waals surface area (Å²) < 4.78 is 19.2. The highest BCUT2D eigenvalue weighted by Gasteiger charge is 2.26. The molecule has 0 spiro atoms. The number of aliphatic hydroxyl groups is 1. The van der Waals surface area contributed by atoms with Crippen LogP contribution in [0.1, 0.15) is 31.4 Å². The Morgan fingerprint density at radius 3 is 2.77 bits per heavy atom. The first-order chi connectivity index (χ1) is 14.9. The van der Waals surface area contributed by atoms with Gasteiger partial charge >= 0.3 is 0 Å². The third-order valence-corrected chi connectivity index (χ3v) is 5.23. The Morgan fingerprint density at radius 1 is 1.23 bits per heavy atom. The summed E-state index contributed by atoms with van der Waals surface area (Å²) in [5, 5.41) is 15.3. The van der Waals surface area contributed by atoms with E-state index in [9.17, 15) is 9.50 Å². The second kappa shape index (κ2) is 11.6. The van der Waals surface area contributed by atoms with Crippen molar-refractivity contribution in [1.29, 1.82) is 0 Å². The van der Waals surface area contributed by atoms with Gasteiger partial charge in [0.25, 0.3) is 0 Å². The first kappa shape index (κ1) is 23.7. The largest absolute Gasteiger partial charge is 0.390 e. The molecule has 1 aliphatic heterocycles. The molecule has 1 N–H and O–H groups in total. The van der Waals surface area contributed by atoms with Gasteiger partial charge in [-0.05, 0) is 29.7 Å². The summed E-state index contributed by atoms with van der Waals surface area (Å²) in [6.07, 6.45) is -0.218. The molecular weight excluding hydrogens is 419 g/mol. The third kappa shape index (κ3) is 7.58. The van der Waals surface area contributed by atoms with Gasteiger partial charge in [0.05, 0.1) is 18.4 Å². The fourth-order valence-corrected chi connectivity index (χ4v) is 3.80. The van der Waals surface area contributed by atoms with Gasteiger partial charge in [0, 0.05) is 43.2 Å². The minimum Gasteiger partial charge on any atom is -0.390 e. The summed E-state index contributed by atoms with van der Waals surface area (Å²) in [5.74, 6) is 0.127. The molecular formula is C24H30ClFN2O3. The van der Waals surface area contributed by atoms with E-state index < -0.39 is 6.10 Å². The van der Waals surface area contributed by atoms with E-state index in [-0.39, 0.29) is 18.5 Å². The third-order valence-electron chi connectivity index (χ3n) is 4.91. The van der Waals surface area contributed by atoms with Gasteiger partial charge < -0.3 is 14.7 Å². The number of rotatable bonds is 11. The molecule has 2 aromatic carbocycles. The van der Waals surface area contributed by atoms with Gasteiger partial charge in [-0.15, -0.1) is 0 Å². The van der Waals surface area contributed by atoms with Crippen molar-refractivity contribution in [2.45, 2.75) is 39.0 Å². The number of nitrogens with zero attached hydrogens (tertiary/aromatic N) is 2. The zero-order valence-electron chi connectivity index (χ0n) is 18.0. The van der Waals surface area contributed by atoms with Crippen LogP contribution in [0.25, 0.3) is 0 Å². The summed E-state index contributed by atoms with van der Waals surface area (Å²) in [4.78, 5) is 7.71. The summed E-state index contributed by atoms with van der Waals surface area (Å²) >= 11 is 6.29. The SMILES string of the molecule is CC(C)COC[C@H](O)CN(Cc1cccc(F)c1)C[C@@H]1CC(c2ccccc2Cl)=NO1. The van der Waals surface area contributed by atoms with Gasteiger partial charge in [-0.3, -0.25) is 4.90 Å². The standard InChI is InChI=1S/C24H30ClFN2O3/c1-17(2)15-30-16-20(29)13-28(12-18-6-5-7-19(26)10-18)14-21-11-24(27-31-21)22-8-3-4-9-23(22)25/h3-10,17,20-21,29H,11-16H2,1-2H3/t20-,21+/m1/s1. The molecule has 2 atom stereocenters. The van der Waals surface area contributed by atoms with Crippen molar-refractivity contribution in [2.24, 2.45) is 11.1 Å². The van der Waals surface area contributed by atoms with Crippen molar-refractivity contribution >= 4 is 17.3 Å². The number of aliphatic hydroxyl groups excluding tert-OH is 1. The van der Waals surface area contributed by atoms with Crippen LogP contribution in [0.3, 0.4) is 0 Å². The van der Waals surface area contributed by atoms with E-state index in [1.807, 2.05) is 35.2 Å². The molecule has 1 aliphatic rings. The van der Waals surface area contributed by atoms with Crippen LogP contribution < -0.4 is 0 Å². The first-order valence-corrected chi connectivity index (χ1v) is 11.0. The second-order valence-electron chi connectivity index (χ2n) is 8.36. The van der Waals surface area contributed by atoms with Crippen molar-refractivity contribution in [3.05, 3.63) is 70.5 Å². The lowest BCUT2D eigenvalue weighted by Gasteiger charge is -2.27. The fraction of sp³-hybridized carbons (Fsp3) is 0.458. The van der Waals surface area contributed by atoms with Crippen LogP contribution >= 0.6 is 11.6 Å². The molecule has 2 aromatic rings. The predicted molar refractivity (Wildman–Crippen MR) is 121 cm³/mol. The van der Waals surface area contributed by atoms with Gasteiger partial charge in [0.1, 0.15) is 11.9 Å². The molecule has 1 heterocycles. The van der Waals surface area contributed by atoms with E-state index in [2.05, 4.69) is 19.0 Å². The van der Waals surface area contributed by atoms with Gasteiger partial charge in [-0.2, -0.15) is 0 Å². The normalized spacial score (nSPS) is 17.1. The van der Waals surface area contributed by atoms with Crippen LogP contribution in [0, 0.1) is 11.7 Å². The highest BCUT2D eigenvalue weighted by Crippen LogP contribution is 2.23. The zero-order chi connectivity index (χ0) is 22.2. The van der Waals surface area contributed by atoms with E-state index >= 15 is 0 Å². The maximum absolute atomic E-state index is 13.7. The first-order valence-electron chi connectivity index (χ1n) is 10.6. The van der Waals surface area contributed by atoms with E-state index in [0.29, 0.717) is 43.6 Å². The van der Waals surface area contributed by atoms with Crippen molar-refractivity contribution in [1.82, 2.24) is 4.90 Å². The number of benzene rings is 2. The Labute approximate surface area is 188 Å². The predicted octanol–water partition coefficient (Wildman–Crippen LogP) is 4.51. The summed E-state index contributed by atoms with van der Waals surface area (Å²) in [6, 6.07) is 14.0. The van der Waals surface area contributed by atoms with Crippen LogP contribution in [-0.2, 0) is 16.1 Å². The summed E-state index contributed by atoms with van der Waals surface area (Å²) in [5.41, 5.74) is 2.51. The van der Waals surface area contributed by atoms with Crippen LogP contribution in [0.15, 0.2) is 53.7 Å². The van der Waals surface area contributed by atoms with Gasteiger partial charge in [-0.1, -0.05) is 60.9 Å². The number of ether oxygens (including phenoxy) is 1. The topological polar surface area (TPSA) is 54.3 Å². The molecule has 168 valence electrons. The Balaban J connectivity index is 1.61. The van der Waals surface area contributed by atoms with Gasteiger partial charge in [0.15, 0.2) is 0 Å². The second-order valence-corrected chi connectivity index (χ2v) is 8.77. The van der Waals surface area contributed by atoms with Gasteiger partial charge in [0.2, 0.25) is 0 Å². The molecule has 3 rings (SSSR count). The molecule has 0 amide bonds. The molecule has 7 heteroatoms. The Bertz CT molecular complexity index is 877. The molecule has 0 aliphatic carbocycles. The smallest absolute Gasteiger partial charge is 0.145 e. The highest BCUT2D eigenvalue weighted by atomic mass is 35.5. The molecule has 0 saturated heterocycles. The van der Waals surface area contributed by atoms with E-state index in [4.69, 9.17) is 21.2 Å². The number of hydrogen-bond donors (Lipinski definition) is 1. The van der Waals surface area contributed by atoms with Crippen molar-refractivity contribution in [3.8, 4) is 0 Å². The van der Waals surface area contributed by atoms with Crippen LogP contribution in [0.5, 0.6) is 0 Å². The van der Waals surface area contributed by atoms with Crippen LogP contribution in [0.4, 0.5) is 4.39 Å². The quantitative estimate of drug-likeness (QED) is 0.549. The van der Waals surface area contributed by atoms with E-state index in [0.717, 1.165) is 16.8 Å². The Morgan fingerprint density at radius 2 is 2.03 bits per heavy atom. The van der Waals surface area contributed by atoms with Crippen molar-refractivity contribution in [3.63, 3.8) is 0 Å². The monoisotopic (exact) mass is 448 g/mol. The molecule has 0 aromatic heterocycles. The molecule has 31 heavy (non-hydrogen) atoms. The lowest BCUT2D eigenvalue weighted by atomic mass is 10.0. The highest BCUT2D eigenvalue weighted by molar-refractivity contribution is 6.34. The fourth-order valence-electron chi connectivity index (χ4n) is 3.56. The van der Waals surface area contributed by atoms with Crippen molar-refractivity contribution in [2.75, 3.05) is 26.3 Å². The minimum absolute atomic E-state index is 0.177. The van der Waals surface area contributed by atoms with E-state index in [1.54, 1.807) is 6.07 Å². The minimum atomic E-state index is -0.655. The average molecular weight is 449 g/mol. The number of oxime groups is 1. The zero-order valence-corrected chi connectivity index (χ0v) is 18.8. The molecule has 0 unspecified atom stereocenters. The molecule has 0 fully saturated rings. The maximum atomic E-state index is 13.7. The lowest BCUT2D eigenvalue weighted by molar-refractivity contribution is -0.00735. The molecule has 0 bridgehead atoms.